The highest BCUT2D eigenvalue weighted by Crippen LogP contribution is 2.29. The van der Waals surface area contributed by atoms with Crippen LogP contribution in [0.2, 0.25) is 0 Å². The number of rotatable bonds is 8. The summed E-state index contributed by atoms with van der Waals surface area (Å²) in [6.45, 7) is 13.5. The number of amidine groups is 1. The maximum atomic E-state index is 14.9. The van der Waals surface area contributed by atoms with Gasteiger partial charge >= 0.3 is 0 Å². The van der Waals surface area contributed by atoms with E-state index in [9.17, 15) is 8.78 Å². The van der Waals surface area contributed by atoms with Crippen LogP contribution in [0.5, 0.6) is 5.75 Å². The summed E-state index contributed by atoms with van der Waals surface area (Å²) in [4.78, 5) is 15.9. The minimum atomic E-state index is -0.626. The second kappa shape index (κ2) is 10.7. The molecule has 0 unspecified atom stereocenters. The number of nitrogens with one attached hydrogen (secondary N) is 3. The van der Waals surface area contributed by atoms with Crippen molar-refractivity contribution in [3.05, 3.63) is 53.1 Å². The lowest BCUT2D eigenvalue weighted by Crippen LogP contribution is -2.48. The van der Waals surface area contributed by atoms with E-state index in [1.54, 1.807) is 19.1 Å². The molecular formula is C24H30F2N8O. The second-order valence-corrected chi connectivity index (χ2v) is 8.37. The Labute approximate surface area is 202 Å². The number of piperazine rings is 1. The summed E-state index contributed by atoms with van der Waals surface area (Å²) in [5.74, 6) is 0.251. The fourth-order valence-electron chi connectivity index (χ4n) is 3.99. The molecule has 1 saturated heterocycles. The van der Waals surface area contributed by atoms with Crippen LogP contribution in [-0.2, 0) is 0 Å². The lowest BCUT2D eigenvalue weighted by molar-refractivity contribution is 0.189. The highest BCUT2D eigenvalue weighted by Gasteiger charge is 2.19. The van der Waals surface area contributed by atoms with Crippen molar-refractivity contribution in [3.63, 3.8) is 0 Å². The Balaban J connectivity index is 1.57. The topological polar surface area (TPSA) is 96.9 Å². The summed E-state index contributed by atoms with van der Waals surface area (Å²) in [6, 6.07) is 4.43. The van der Waals surface area contributed by atoms with Crippen LogP contribution in [0.15, 0.2) is 40.1 Å². The molecule has 0 saturated carbocycles. The van der Waals surface area contributed by atoms with Gasteiger partial charge in [0.2, 0.25) is 0 Å². The predicted molar refractivity (Wildman–Crippen MR) is 134 cm³/mol. The SMILES string of the molecule is C=N/C(=C\C(=N/COc1cc(F)c2[nH]c(C)cc2c1F)N1CCN(CC)CC1)Nc1cc(C)[nH]n1. The molecule has 3 heterocycles. The molecular weight excluding hydrogens is 454 g/mol. The number of anilines is 1. The van der Waals surface area contributed by atoms with Gasteiger partial charge in [-0.15, -0.1) is 0 Å². The van der Waals surface area contributed by atoms with Crippen LogP contribution < -0.4 is 10.1 Å². The molecule has 2 aromatic heterocycles. The number of fused-ring (bicyclic) bond motifs is 1. The van der Waals surface area contributed by atoms with Crippen LogP contribution in [0.3, 0.4) is 0 Å². The fraction of sp³-hybridized carbons (Fsp3) is 0.375. The molecule has 3 N–H and O–H groups in total. The Kier molecular flexibility index (Phi) is 7.45. The molecule has 1 aliphatic heterocycles. The molecule has 0 aliphatic carbocycles. The number of benzene rings is 1. The minimum Gasteiger partial charge on any atom is -0.468 e. The van der Waals surface area contributed by atoms with Gasteiger partial charge in [-0.1, -0.05) is 6.92 Å². The molecule has 4 rings (SSSR count). The van der Waals surface area contributed by atoms with Crippen molar-refractivity contribution in [1.29, 1.82) is 0 Å². The molecule has 1 aromatic carbocycles. The number of aryl methyl sites for hydroxylation is 2. The Bertz CT molecular complexity index is 1250. The first-order valence-electron chi connectivity index (χ1n) is 11.5. The smallest absolute Gasteiger partial charge is 0.181 e. The van der Waals surface area contributed by atoms with E-state index >= 15 is 0 Å². The van der Waals surface area contributed by atoms with E-state index in [2.05, 4.69) is 53.9 Å². The lowest BCUT2D eigenvalue weighted by Gasteiger charge is -2.35. The number of nitrogens with zero attached hydrogens (tertiary/aromatic N) is 5. The zero-order valence-electron chi connectivity index (χ0n) is 20.2. The number of likely N-dealkylation sites (N-methyl/N-ethyl adjacent to an activating group) is 1. The number of H-pyrrole nitrogens is 2. The van der Waals surface area contributed by atoms with E-state index in [4.69, 9.17) is 4.74 Å². The van der Waals surface area contributed by atoms with Crippen molar-refractivity contribution in [1.82, 2.24) is 25.0 Å². The number of halogens is 2. The Morgan fingerprint density at radius 3 is 2.63 bits per heavy atom. The van der Waals surface area contributed by atoms with Crippen molar-refractivity contribution in [2.75, 3.05) is 44.8 Å². The van der Waals surface area contributed by atoms with Crippen LogP contribution in [-0.4, -0.2) is 77.0 Å². The summed E-state index contributed by atoms with van der Waals surface area (Å²) in [7, 11) is 0. The summed E-state index contributed by atoms with van der Waals surface area (Å²) < 4.78 is 34.9. The highest BCUT2D eigenvalue weighted by atomic mass is 19.1. The molecule has 186 valence electrons. The van der Waals surface area contributed by atoms with E-state index in [0.717, 1.165) is 44.5 Å². The first kappa shape index (κ1) is 24.4. The monoisotopic (exact) mass is 484 g/mol. The van der Waals surface area contributed by atoms with Crippen LogP contribution in [0.4, 0.5) is 14.6 Å². The van der Waals surface area contributed by atoms with Crippen molar-refractivity contribution >= 4 is 29.3 Å². The van der Waals surface area contributed by atoms with E-state index in [0.29, 0.717) is 23.2 Å². The van der Waals surface area contributed by atoms with Gasteiger partial charge in [0.25, 0.3) is 0 Å². The normalized spacial score (nSPS) is 15.6. The van der Waals surface area contributed by atoms with Gasteiger partial charge in [0.05, 0.1) is 5.52 Å². The minimum absolute atomic E-state index is 0.120. The third kappa shape index (κ3) is 5.68. The van der Waals surface area contributed by atoms with Gasteiger partial charge in [0, 0.05) is 61.2 Å². The maximum absolute atomic E-state index is 14.9. The summed E-state index contributed by atoms with van der Waals surface area (Å²) in [6.07, 6.45) is 1.75. The predicted octanol–water partition coefficient (Wildman–Crippen LogP) is 3.81. The summed E-state index contributed by atoms with van der Waals surface area (Å²) in [5, 5.41) is 10.3. The van der Waals surface area contributed by atoms with Crippen molar-refractivity contribution in [2.24, 2.45) is 9.98 Å². The van der Waals surface area contributed by atoms with Crippen molar-refractivity contribution in [3.8, 4) is 5.75 Å². The average Bonchev–Trinajstić information content (AvgIpc) is 3.46. The number of ether oxygens (including phenoxy) is 1. The van der Waals surface area contributed by atoms with Gasteiger partial charge in [-0.2, -0.15) is 5.10 Å². The number of aliphatic imine (C=N–C) groups is 2. The van der Waals surface area contributed by atoms with E-state index in [1.807, 2.05) is 13.0 Å². The molecule has 0 spiro atoms. The van der Waals surface area contributed by atoms with Gasteiger partial charge in [0.1, 0.15) is 11.7 Å². The zero-order chi connectivity index (χ0) is 24.9. The molecule has 0 amide bonds. The Hall–Kier alpha value is -3.73. The number of aromatic amines is 2. The number of hydrogen-bond donors (Lipinski definition) is 3. The standard InChI is InChI=1S/C24H30F2N8O/c1-5-33-6-8-34(9-7-33)22(13-20(27-4)30-21-11-16(3)31-32-21)28-14-35-19-12-18(25)24-17(23(19)26)10-15(2)29-24/h10-13,29H,4-9,14H2,1-3H3,(H2,30,31,32)/b20-13+,28-22+. The van der Waals surface area contributed by atoms with Gasteiger partial charge in [-0.3, -0.25) is 5.10 Å². The first-order valence-corrected chi connectivity index (χ1v) is 11.5. The first-order chi connectivity index (χ1) is 16.9. The largest absolute Gasteiger partial charge is 0.468 e. The Morgan fingerprint density at radius 2 is 1.97 bits per heavy atom. The summed E-state index contributed by atoms with van der Waals surface area (Å²) >= 11 is 0. The molecule has 1 fully saturated rings. The molecule has 1 aliphatic rings. The number of aromatic nitrogens is 3. The average molecular weight is 485 g/mol. The van der Waals surface area contributed by atoms with Gasteiger partial charge in [-0.05, 0) is 33.2 Å². The van der Waals surface area contributed by atoms with Crippen LogP contribution in [0.25, 0.3) is 10.9 Å². The molecule has 0 radical (unpaired) electrons. The number of hydrogen-bond acceptors (Lipinski definition) is 6. The molecule has 0 bridgehead atoms. The van der Waals surface area contributed by atoms with Crippen molar-refractivity contribution < 1.29 is 13.5 Å². The van der Waals surface area contributed by atoms with Gasteiger partial charge in [0.15, 0.2) is 29.9 Å². The molecule has 35 heavy (non-hydrogen) atoms. The van der Waals surface area contributed by atoms with E-state index < -0.39 is 11.6 Å². The summed E-state index contributed by atoms with van der Waals surface area (Å²) in [5.41, 5.74) is 1.68. The van der Waals surface area contributed by atoms with Gasteiger partial charge < -0.3 is 24.8 Å². The van der Waals surface area contributed by atoms with Crippen LogP contribution in [0.1, 0.15) is 18.3 Å². The molecule has 3 aromatic rings. The van der Waals surface area contributed by atoms with Crippen LogP contribution >= 0.6 is 0 Å². The quantitative estimate of drug-likeness (QED) is 0.334. The van der Waals surface area contributed by atoms with E-state index in [1.165, 1.54) is 0 Å². The zero-order valence-corrected chi connectivity index (χ0v) is 20.2. The van der Waals surface area contributed by atoms with Crippen molar-refractivity contribution in [2.45, 2.75) is 20.8 Å². The molecule has 11 heteroatoms. The van der Waals surface area contributed by atoms with Crippen LogP contribution in [0, 0.1) is 25.5 Å². The third-order valence-electron chi connectivity index (χ3n) is 5.89. The lowest BCUT2D eigenvalue weighted by atomic mass is 10.2. The molecule has 9 nitrogen and oxygen atoms in total. The van der Waals surface area contributed by atoms with E-state index in [-0.39, 0.29) is 23.4 Å². The maximum Gasteiger partial charge on any atom is 0.181 e. The molecule has 0 atom stereocenters. The Morgan fingerprint density at radius 1 is 1.20 bits per heavy atom. The highest BCUT2D eigenvalue weighted by molar-refractivity contribution is 5.94. The van der Waals surface area contributed by atoms with Gasteiger partial charge in [-0.25, -0.2) is 18.8 Å². The third-order valence-corrected chi connectivity index (χ3v) is 5.89. The fourth-order valence-corrected chi connectivity index (χ4v) is 3.99. The second-order valence-electron chi connectivity index (χ2n) is 8.37.